The lowest BCUT2D eigenvalue weighted by Gasteiger charge is -2.07. The summed E-state index contributed by atoms with van der Waals surface area (Å²) in [4.78, 5) is 14.3. The van der Waals surface area contributed by atoms with Crippen molar-refractivity contribution in [3.63, 3.8) is 0 Å². The highest BCUT2D eigenvalue weighted by atomic mass is 16.5. The van der Waals surface area contributed by atoms with Gasteiger partial charge in [0.1, 0.15) is 18.5 Å². The number of nitrogens with zero attached hydrogens (tertiary/aromatic N) is 2. The number of hydrogen-bond acceptors (Lipinski definition) is 5. The van der Waals surface area contributed by atoms with Crippen molar-refractivity contribution in [1.29, 1.82) is 5.26 Å². The van der Waals surface area contributed by atoms with Gasteiger partial charge < -0.3 is 15.2 Å². The van der Waals surface area contributed by atoms with Crippen molar-refractivity contribution >= 4 is 11.8 Å². The van der Waals surface area contributed by atoms with Gasteiger partial charge in [-0.1, -0.05) is 0 Å². The number of ether oxygens (including phenoxy) is 1. The van der Waals surface area contributed by atoms with Gasteiger partial charge in [-0.05, 0) is 19.1 Å². The van der Waals surface area contributed by atoms with Crippen molar-refractivity contribution in [2.45, 2.75) is 6.92 Å². The molecule has 0 radical (unpaired) electrons. The summed E-state index contributed by atoms with van der Waals surface area (Å²) in [5.74, 6) is -0.511. The van der Waals surface area contributed by atoms with Crippen LogP contribution in [0.2, 0.25) is 0 Å². The lowest BCUT2D eigenvalue weighted by atomic mass is 10.2. The summed E-state index contributed by atoms with van der Waals surface area (Å²) in [7, 11) is 0. The minimum absolute atomic E-state index is 0.243. The maximum absolute atomic E-state index is 10.2. The molecule has 0 atom stereocenters. The van der Waals surface area contributed by atoms with E-state index < -0.39 is 5.97 Å². The zero-order valence-electron chi connectivity index (χ0n) is 9.43. The average molecular weight is 235 g/mol. The fourth-order valence-corrected chi connectivity index (χ4v) is 1.18. The van der Waals surface area contributed by atoms with Gasteiger partial charge in [0.15, 0.2) is 0 Å². The van der Waals surface area contributed by atoms with Crippen molar-refractivity contribution in [2.24, 2.45) is 0 Å². The first-order valence-corrected chi connectivity index (χ1v) is 5.04. The lowest BCUT2D eigenvalue weighted by molar-refractivity contribution is -0.142. The minimum atomic E-state index is -1.00. The number of aromatic nitrogens is 1. The predicted octanol–water partition coefficient (Wildman–Crippen LogP) is 0.775. The van der Waals surface area contributed by atoms with Gasteiger partial charge in [0, 0.05) is 12.2 Å². The van der Waals surface area contributed by atoms with Gasteiger partial charge in [-0.2, -0.15) is 5.26 Å². The summed E-state index contributed by atoms with van der Waals surface area (Å²) in [5.41, 5.74) is 1.26. The fourth-order valence-electron chi connectivity index (χ4n) is 1.18. The Balaban J connectivity index is 2.43. The molecular weight excluding hydrogens is 222 g/mol. The highest BCUT2D eigenvalue weighted by Gasteiger charge is 2.03. The van der Waals surface area contributed by atoms with Gasteiger partial charge in [-0.3, -0.25) is 0 Å². The Morgan fingerprint density at radius 3 is 3.06 bits per heavy atom. The standard InChI is InChI=1S/C11H13N3O3/c1-8-2-3-9(6-12)11(14-8)13-4-5-17-7-10(15)16/h2-3H,4-5,7H2,1H3,(H,13,14)(H,15,16). The summed E-state index contributed by atoms with van der Waals surface area (Å²) >= 11 is 0. The van der Waals surface area contributed by atoms with E-state index in [4.69, 9.17) is 15.1 Å². The monoisotopic (exact) mass is 235 g/mol. The number of pyridine rings is 1. The summed E-state index contributed by atoms with van der Waals surface area (Å²) < 4.78 is 4.85. The molecule has 0 aliphatic rings. The topological polar surface area (TPSA) is 95.2 Å². The second-order valence-electron chi connectivity index (χ2n) is 3.33. The van der Waals surface area contributed by atoms with E-state index in [9.17, 15) is 4.79 Å². The van der Waals surface area contributed by atoms with Crippen LogP contribution in [0.1, 0.15) is 11.3 Å². The van der Waals surface area contributed by atoms with Crippen LogP contribution in [0.25, 0.3) is 0 Å². The molecular formula is C11H13N3O3. The Bertz CT molecular complexity index is 440. The largest absolute Gasteiger partial charge is 0.480 e. The molecule has 0 amide bonds. The molecule has 0 spiro atoms. The van der Waals surface area contributed by atoms with Crippen LogP contribution in [-0.4, -0.2) is 35.8 Å². The molecule has 6 heteroatoms. The van der Waals surface area contributed by atoms with E-state index in [0.717, 1.165) is 5.69 Å². The molecule has 90 valence electrons. The van der Waals surface area contributed by atoms with Crippen LogP contribution < -0.4 is 5.32 Å². The Morgan fingerprint density at radius 2 is 2.41 bits per heavy atom. The van der Waals surface area contributed by atoms with E-state index in [1.54, 1.807) is 12.1 Å². The number of nitriles is 1. The van der Waals surface area contributed by atoms with Crippen molar-refractivity contribution in [3.8, 4) is 6.07 Å². The quantitative estimate of drug-likeness (QED) is 0.707. The average Bonchev–Trinajstić information content (AvgIpc) is 2.28. The number of rotatable bonds is 6. The molecule has 0 bridgehead atoms. The second kappa shape index (κ2) is 6.45. The molecule has 0 saturated carbocycles. The van der Waals surface area contributed by atoms with Gasteiger partial charge in [-0.25, -0.2) is 9.78 Å². The number of carbonyl (C=O) groups is 1. The van der Waals surface area contributed by atoms with E-state index in [1.165, 1.54) is 0 Å². The molecule has 6 nitrogen and oxygen atoms in total. The highest BCUT2D eigenvalue weighted by molar-refractivity contribution is 5.68. The van der Waals surface area contributed by atoms with Gasteiger partial charge in [-0.15, -0.1) is 0 Å². The SMILES string of the molecule is Cc1ccc(C#N)c(NCCOCC(=O)O)n1. The van der Waals surface area contributed by atoms with Gasteiger partial charge in [0.2, 0.25) is 0 Å². The molecule has 0 fully saturated rings. The maximum atomic E-state index is 10.2. The highest BCUT2D eigenvalue weighted by Crippen LogP contribution is 2.11. The van der Waals surface area contributed by atoms with Crippen LogP contribution >= 0.6 is 0 Å². The third-order valence-corrected chi connectivity index (χ3v) is 1.92. The third kappa shape index (κ3) is 4.49. The first kappa shape index (κ1) is 12.9. The van der Waals surface area contributed by atoms with Gasteiger partial charge in [0.25, 0.3) is 0 Å². The van der Waals surface area contributed by atoms with E-state index in [-0.39, 0.29) is 13.2 Å². The molecule has 1 aromatic heterocycles. The fraction of sp³-hybridized carbons (Fsp3) is 0.364. The lowest BCUT2D eigenvalue weighted by Crippen LogP contribution is -2.15. The van der Waals surface area contributed by atoms with Crippen LogP contribution in [0.15, 0.2) is 12.1 Å². The molecule has 0 aromatic carbocycles. The zero-order valence-corrected chi connectivity index (χ0v) is 9.43. The zero-order chi connectivity index (χ0) is 12.7. The summed E-state index contributed by atoms with van der Waals surface area (Å²) in [6.45, 7) is 2.15. The van der Waals surface area contributed by atoms with Crippen molar-refractivity contribution in [3.05, 3.63) is 23.4 Å². The number of aliphatic carboxylic acids is 1. The molecule has 0 unspecified atom stereocenters. The Labute approximate surface area is 98.9 Å². The van der Waals surface area contributed by atoms with Crippen LogP contribution in [0.5, 0.6) is 0 Å². The number of anilines is 1. The van der Waals surface area contributed by atoms with E-state index in [2.05, 4.69) is 10.3 Å². The number of carboxylic acid groups (broad SMARTS) is 1. The van der Waals surface area contributed by atoms with Crippen molar-refractivity contribution < 1.29 is 14.6 Å². The second-order valence-corrected chi connectivity index (χ2v) is 3.33. The number of carboxylic acids is 1. The van der Waals surface area contributed by atoms with Gasteiger partial charge >= 0.3 is 5.97 Å². The number of aryl methyl sites for hydroxylation is 1. The molecule has 1 rings (SSSR count). The van der Waals surface area contributed by atoms with E-state index in [0.29, 0.717) is 17.9 Å². The summed E-state index contributed by atoms with van der Waals surface area (Å²) in [5, 5.41) is 20.1. The van der Waals surface area contributed by atoms with E-state index >= 15 is 0 Å². The molecule has 1 aromatic rings. The van der Waals surface area contributed by atoms with Crippen molar-refractivity contribution in [1.82, 2.24) is 4.98 Å². The Kier molecular flexibility index (Phi) is 4.91. The maximum Gasteiger partial charge on any atom is 0.329 e. The number of nitrogens with one attached hydrogen (secondary N) is 1. The molecule has 2 N–H and O–H groups in total. The van der Waals surface area contributed by atoms with Crippen LogP contribution in [-0.2, 0) is 9.53 Å². The molecule has 17 heavy (non-hydrogen) atoms. The molecule has 0 aliphatic carbocycles. The summed E-state index contributed by atoms with van der Waals surface area (Å²) in [6, 6.07) is 5.46. The van der Waals surface area contributed by atoms with Crippen LogP contribution in [0.3, 0.4) is 0 Å². The van der Waals surface area contributed by atoms with Crippen molar-refractivity contribution in [2.75, 3.05) is 25.1 Å². The Hall–Kier alpha value is -2.13. The predicted molar refractivity (Wildman–Crippen MR) is 60.6 cm³/mol. The normalized spacial score (nSPS) is 9.65. The van der Waals surface area contributed by atoms with Crippen LogP contribution in [0.4, 0.5) is 5.82 Å². The number of hydrogen-bond donors (Lipinski definition) is 2. The first-order valence-electron chi connectivity index (χ1n) is 5.04. The third-order valence-electron chi connectivity index (χ3n) is 1.92. The summed E-state index contributed by atoms with van der Waals surface area (Å²) in [6.07, 6.45) is 0. The smallest absolute Gasteiger partial charge is 0.329 e. The van der Waals surface area contributed by atoms with Crippen LogP contribution in [0, 0.1) is 18.3 Å². The molecule has 0 saturated heterocycles. The van der Waals surface area contributed by atoms with Gasteiger partial charge in [0.05, 0.1) is 12.2 Å². The molecule has 1 heterocycles. The molecule has 0 aliphatic heterocycles. The first-order chi connectivity index (χ1) is 8.13. The van der Waals surface area contributed by atoms with E-state index in [1.807, 2.05) is 13.0 Å². The minimum Gasteiger partial charge on any atom is -0.480 e. The Morgan fingerprint density at radius 1 is 1.65 bits per heavy atom.